The second-order valence-corrected chi connectivity index (χ2v) is 11.1. The van der Waals surface area contributed by atoms with Gasteiger partial charge in [0, 0.05) is 21.8 Å². The molecule has 0 bridgehead atoms. The molecule has 0 saturated carbocycles. The third-order valence-corrected chi connectivity index (χ3v) is 7.63. The summed E-state index contributed by atoms with van der Waals surface area (Å²) < 4.78 is 13.2. The van der Waals surface area contributed by atoms with Gasteiger partial charge in [0.05, 0.1) is 5.25 Å². The molecule has 0 heterocycles. The van der Waals surface area contributed by atoms with Gasteiger partial charge in [-0.2, -0.15) is 0 Å². The molecule has 0 saturated heterocycles. The molecule has 1 unspecified atom stereocenters. The maximum atomic E-state index is 13.6. The van der Waals surface area contributed by atoms with Gasteiger partial charge in [-0.05, 0) is 83.9 Å². The molecule has 5 aromatic carbocycles. The third kappa shape index (κ3) is 7.75. The summed E-state index contributed by atoms with van der Waals surface area (Å²) in [5.74, 6) is -1.53. The number of benzene rings is 5. The second kappa shape index (κ2) is 13.6. The van der Waals surface area contributed by atoms with Gasteiger partial charge >= 0.3 is 0 Å². The molecule has 3 amide bonds. The highest BCUT2D eigenvalue weighted by Gasteiger charge is 2.18. The van der Waals surface area contributed by atoms with Crippen LogP contribution in [-0.4, -0.2) is 23.0 Å². The number of thioether (sulfide) groups is 1. The van der Waals surface area contributed by atoms with E-state index in [-0.39, 0.29) is 17.4 Å². The molecule has 1 atom stereocenters. The zero-order valence-corrected chi connectivity index (χ0v) is 24.0. The van der Waals surface area contributed by atoms with Crippen LogP contribution in [0, 0.1) is 5.82 Å². The fraction of sp³-hybridized carbons (Fsp3) is 0.0571. The van der Waals surface area contributed by atoms with Crippen molar-refractivity contribution < 1.29 is 18.8 Å². The van der Waals surface area contributed by atoms with Crippen molar-refractivity contribution in [3.8, 4) is 0 Å². The molecule has 43 heavy (non-hydrogen) atoms. The quantitative estimate of drug-likeness (QED) is 0.123. The molecule has 0 spiro atoms. The predicted octanol–water partition coefficient (Wildman–Crippen LogP) is 7.51. The Morgan fingerprint density at radius 2 is 1.44 bits per heavy atom. The average Bonchev–Trinajstić information content (AvgIpc) is 3.02. The zero-order valence-electron chi connectivity index (χ0n) is 23.2. The summed E-state index contributed by atoms with van der Waals surface area (Å²) in [4.78, 5) is 40.1. The minimum absolute atomic E-state index is 0.0790. The van der Waals surface area contributed by atoms with E-state index in [9.17, 15) is 18.8 Å². The summed E-state index contributed by atoms with van der Waals surface area (Å²) in [5, 5.41) is 9.92. The first kappa shape index (κ1) is 29.3. The lowest BCUT2D eigenvalue weighted by atomic mass is 10.0. The van der Waals surface area contributed by atoms with E-state index in [0.29, 0.717) is 16.9 Å². The maximum absolute atomic E-state index is 13.6. The van der Waals surface area contributed by atoms with Crippen molar-refractivity contribution >= 4 is 57.7 Å². The Morgan fingerprint density at radius 3 is 2.23 bits per heavy atom. The van der Waals surface area contributed by atoms with Gasteiger partial charge in [-0.1, -0.05) is 66.7 Å². The minimum atomic E-state index is -0.499. The van der Waals surface area contributed by atoms with E-state index in [4.69, 9.17) is 0 Å². The summed E-state index contributed by atoms with van der Waals surface area (Å²) in [5.41, 5.74) is 2.28. The minimum Gasteiger partial charge on any atom is -0.325 e. The fourth-order valence-electron chi connectivity index (χ4n) is 4.35. The molecule has 0 fully saturated rings. The molecular formula is C35H28FN3O3S. The number of fused-ring (bicyclic) bond motifs is 1. The summed E-state index contributed by atoms with van der Waals surface area (Å²) >= 11 is 1.31. The first-order valence-corrected chi connectivity index (χ1v) is 14.4. The molecule has 3 N–H and O–H groups in total. The third-order valence-electron chi connectivity index (χ3n) is 6.54. The predicted molar refractivity (Wildman–Crippen MR) is 171 cm³/mol. The number of amides is 3. The molecule has 0 radical (unpaired) electrons. The Balaban J connectivity index is 1.35. The highest BCUT2D eigenvalue weighted by atomic mass is 32.2. The number of rotatable bonds is 9. The Labute approximate surface area is 253 Å². The van der Waals surface area contributed by atoms with Crippen molar-refractivity contribution in [2.45, 2.75) is 17.1 Å². The van der Waals surface area contributed by atoms with Crippen LogP contribution in [0.15, 0.2) is 132 Å². The monoisotopic (exact) mass is 589 g/mol. The van der Waals surface area contributed by atoms with Gasteiger partial charge in [0.25, 0.3) is 11.8 Å². The molecule has 5 aromatic rings. The highest BCUT2D eigenvalue weighted by Crippen LogP contribution is 2.27. The molecular weight excluding hydrogens is 561 g/mol. The fourth-order valence-corrected chi connectivity index (χ4v) is 5.28. The van der Waals surface area contributed by atoms with E-state index >= 15 is 0 Å². The van der Waals surface area contributed by atoms with Gasteiger partial charge in [-0.15, -0.1) is 11.8 Å². The Bertz CT molecular complexity index is 1800. The molecule has 0 aromatic heterocycles. The molecule has 0 aliphatic heterocycles. The standard InChI is InChI=1S/C35H28FN3O3S/c1-23(33(40)37-28-19-17-27(36)18-20-28)43-30-15-8-14-29(22-30)38-35(42)32(39-34(41)25-10-3-2-4-11-25)21-26-13-7-12-24-9-5-6-16-31(24)26/h2-23H,1H3,(H,37,40)(H,38,42)(H,39,41)/b32-21+. The lowest BCUT2D eigenvalue weighted by molar-refractivity contribution is -0.115. The first-order chi connectivity index (χ1) is 20.9. The molecule has 5 rings (SSSR count). The Kier molecular flexibility index (Phi) is 9.29. The largest absolute Gasteiger partial charge is 0.325 e. The summed E-state index contributed by atoms with van der Waals surface area (Å²) in [7, 11) is 0. The lowest BCUT2D eigenvalue weighted by Crippen LogP contribution is -2.30. The van der Waals surface area contributed by atoms with E-state index in [0.717, 1.165) is 21.2 Å². The van der Waals surface area contributed by atoms with Crippen LogP contribution in [0.3, 0.4) is 0 Å². The van der Waals surface area contributed by atoms with E-state index in [2.05, 4.69) is 16.0 Å². The summed E-state index contributed by atoms with van der Waals surface area (Å²) in [6.07, 6.45) is 1.67. The molecule has 8 heteroatoms. The number of halogens is 1. The van der Waals surface area contributed by atoms with Gasteiger partial charge in [-0.3, -0.25) is 14.4 Å². The van der Waals surface area contributed by atoms with Gasteiger partial charge in [0.2, 0.25) is 5.91 Å². The number of anilines is 2. The highest BCUT2D eigenvalue weighted by molar-refractivity contribution is 8.00. The number of hydrogen-bond acceptors (Lipinski definition) is 4. The maximum Gasteiger partial charge on any atom is 0.272 e. The topological polar surface area (TPSA) is 87.3 Å². The number of nitrogens with one attached hydrogen (secondary N) is 3. The first-order valence-electron chi connectivity index (χ1n) is 13.6. The van der Waals surface area contributed by atoms with Crippen LogP contribution in [0.4, 0.5) is 15.8 Å². The van der Waals surface area contributed by atoms with Gasteiger partial charge in [0.15, 0.2) is 0 Å². The number of carbonyl (C=O) groups is 3. The molecule has 6 nitrogen and oxygen atoms in total. The summed E-state index contributed by atoms with van der Waals surface area (Å²) in [6, 6.07) is 35.0. The van der Waals surface area contributed by atoms with E-state index in [1.807, 2.05) is 54.6 Å². The molecule has 0 aliphatic rings. The smallest absolute Gasteiger partial charge is 0.272 e. The van der Waals surface area contributed by atoms with E-state index in [1.165, 1.54) is 36.0 Å². The number of hydrogen-bond donors (Lipinski definition) is 3. The van der Waals surface area contributed by atoms with Crippen molar-refractivity contribution in [3.05, 3.63) is 144 Å². The normalized spacial score (nSPS) is 11.9. The van der Waals surface area contributed by atoms with Crippen LogP contribution < -0.4 is 16.0 Å². The van der Waals surface area contributed by atoms with Crippen LogP contribution in [0.2, 0.25) is 0 Å². The van der Waals surface area contributed by atoms with Crippen molar-refractivity contribution in [1.82, 2.24) is 5.32 Å². The molecule has 214 valence electrons. The van der Waals surface area contributed by atoms with Crippen LogP contribution >= 0.6 is 11.8 Å². The summed E-state index contributed by atoms with van der Waals surface area (Å²) in [6.45, 7) is 1.76. The Hall–Kier alpha value is -5.21. The number of carbonyl (C=O) groups excluding carboxylic acids is 3. The van der Waals surface area contributed by atoms with E-state index in [1.54, 1.807) is 55.5 Å². The van der Waals surface area contributed by atoms with Crippen LogP contribution in [0.1, 0.15) is 22.8 Å². The van der Waals surface area contributed by atoms with Crippen LogP contribution in [0.25, 0.3) is 16.8 Å². The SMILES string of the molecule is CC(Sc1cccc(NC(=O)/C(=C\c2cccc3ccccc23)NC(=O)c2ccccc2)c1)C(=O)Nc1ccc(F)cc1. The van der Waals surface area contributed by atoms with Crippen molar-refractivity contribution in [2.24, 2.45) is 0 Å². The Morgan fingerprint density at radius 1 is 0.744 bits per heavy atom. The van der Waals surface area contributed by atoms with Gasteiger partial charge in [0.1, 0.15) is 11.5 Å². The average molecular weight is 590 g/mol. The van der Waals surface area contributed by atoms with Crippen molar-refractivity contribution in [2.75, 3.05) is 10.6 Å². The van der Waals surface area contributed by atoms with Crippen molar-refractivity contribution in [1.29, 1.82) is 0 Å². The van der Waals surface area contributed by atoms with E-state index < -0.39 is 17.1 Å². The lowest BCUT2D eigenvalue weighted by Gasteiger charge is -2.14. The van der Waals surface area contributed by atoms with Crippen LogP contribution in [-0.2, 0) is 9.59 Å². The van der Waals surface area contributed by atoms with Crippen LogP contribution in [0.5, 0.6) is 0 Å². The zero-order chi connectivity index (χ0) is 30.2. The van der Waals surface area contributed by atoms with Gasteiger partial charge < -0.3 is 16.0 Å². The van der Waals surface area contributed by atoms with Crippen molar-refractivity contribution in [3.63, 3.8) is 0 Å². The molecule has 0 aliphatic carbocycles. The van der Waals surface area contributed by atoms with Gasteiger partial charge in [-0.25, -0.2) is 4.39 Å². The second-order valence-electron chi connectivity index (χ2n) is 9.68.